The number of nitriles is 1. The van der Waals surface area contributed by atoms with Gasteiger partial charge in [0.2, 0.25) is 0 Å². The van der Waals surface area contributed by atoms with E-state index in [1.165, 1.54) is 19.3 Å². The van der Waals surface area contributed by atoms with Crippen molar-refractivity contribution in [2.75, 3.05) is 25.0 Å². The monoisotopic (exact) mass is 247 g/mol. The predicted molar refractivity (Wildman–Crippen MR) is 71.6 cm³/mol. The molecule has 0 spiro atoms. The largest absolute Gasteiger partial charge is 0.357 e. The minimum absolute atomic E-state index is 0.519. The van der Waals surface area contributed by atoms with E-state index in [1.54, 1.807) is 4.68 Å². The highest BCUT2D eigenvalue weighted by atomic mass is 15.4. The van der Waals surface area contributed by atoms with Gasteiger partial charge in [-0.2, -0.15) is 10.4 Å². The molecular formula is C13H21N5. The van der Waals surface area contributed by atoms with Gasteiger partial charge >= 0.3 is 0 Å². The van der Waals surface area contributed by atoms with Gasteiger partial charge in [-0.3, -0.25) is 4.68 Å². The molecule has 0 amide bonds. The Morgan fingerprint density at radius 1 is 1.56 bits per heavy atom. The summed E-state index contributed by atoms with van der Waals surface area (Å²) in [5.41, 5.74) is 1.49. The third-order valence-electron chi connectivity index (χ3n) is 3.57. The molecule has 5 nitrogen and oxygen atoms in total. The van der Waals surface area contributed by atoms with Gasteiger partial charge in [-0.05, 0) is 26.3 Å². The van der Waals surface area contributed by atoms with E-state index < -0.39 is 0 Å². The van der Waals surface area contributed by atoms with Crippen LogP contribution < -0.4 is 10.2 Å². The summed E-state index contributed by atoms with van der Waals surface area (Å²) in [6.07, 6.45) is 3.78. The van der Waals surface area contributed by atoms with Crippen LogP contribution >= 0.6 is 0 Å². The molecule has 0 aromatic carbocycles. The Hall–Kier alpha value is -1.54. The second kappa shape index (κ2) is 5.40. The van der Waals surface area contributed by atoms with Gasteiger partial charge in [0.25, 0.3) is 0 Å². The number of anilines is 1. The van der Waals surface area contributed by atoms with Crippen LogP contribution in [0.3, 0.4) is 0 Å². The van der Waals surface area contributed by atoms with E-state index >= 15 is 0 Å². The molecule has 1 aromatic rings. The molecule has 0 aliphatic carbocycles. The Kier molecular flexibility index (Phi) is 3.87. The fourth-order valence-corrected chi connectivity index (χ4v) is 2.71. The molecule has 1 unspecified atom stereocenters. The number of hydrogen-bond donors (Lipinski definition) is 1. The van der Waals surface area contributed by atoms with Crippen molar-refractivity contribution in [3.63, 3.8) is 0 Å². The molecule has 0 saturated carbocycles. The summed E-state index contributed by atoms with van der Waals surface area (Å²) >= 11 is 0. The number of aromatic nitrogens is 2. The Morgan fingerprint density at radius 3 is 2.94 bits per heavy atom. The first-order valence-corrected chi connectivity index (χ1v) is 6.51. The SMILES string of the molecule is Cc1nn(C)c(N(C)CC2CCCCN2)c1C#N. The molecule has 0 bridgehead atoms. The lowest BCUT2D eigenvalue weighted by Gasteiger charge is -2.29. The standard InChI is InChI=1S/C13H21N5/c1-10-12(8-14)13(18(3)16-10)17(2)9-11-6-4-5-7-15-11/h11,15H,4-7,9H2,1-3H3. The smallest absolute Gasteiger partial charge is 0.144 e. The van der Waals surface area contributed by atoms with Gasteiger partial charge in [-0.15, -0.1) is 0 Å². The van der Waals surface area contributed by atoms with Crippen molar-refractivity contribution >= 4 is 5.82 Å². The fourth-order valence-electron chi connectivity index (χ4n) is 2.71. The maximum absolute atomic E-state index is 9.22. The zero-order valence-electron chi connectivity index (χ0n) is 11.4. The van der Waals surface area contributed by atoms with Gasteiger partial charge in [-0.25, -0.2) is 0 Å². The molecule has 98 valence electrons. The van der Waals surface area contributed by atoms with Crippen LogP contribution in [-0.4, -0.2) is 36.0 Å². The summed E-state index contributed by atoms with van der Waals surface area (Å²) in [7, 11) is 3.93. The van der Waals surface area contributed by atoms with Crippen LogP contribution in [0.25, 0.3) is 0 Å². The quantitative estimate of drug-likeness (QED) is 0.871. The average Bonchev–Trinajstić information content (AvgIpc) is 2.64. The summed E-state index contributed by atoms with van der Waals surface area (Å²) in [6, 6.07) is 2.78. The van der Waals surface area contributed by atoms with Gasteiger partial charge in [0, 0.05) is 26.7 Å². The van der Waals surface area contributed by atoms with Crippen LogP contribution in [0.4, 0.5) is 5.82 Å². The highest BCUT2D eigenvalue weighted by Gasteiger charge is 2.20. The summed E-state index contributed by atoms with van der Waals surface area (Å²) in [6.45, 7) is 3.91. The molecule has 1 atom stereocenters. The van der Waals surface area contributed by atoms with Crippen LogP contribution in [0, 0.1) is 18.3 Å². The van der Waals surface area contributed by atoms with Gasteiger partial charge < -0.3 is 10.2 Å². The normalized spacial score (nSPS) is 19.6. The second-order valence-electron chi connectivity index (χ2n) is 5.05. The van der Waals surface area contributed by atoms with Crippen molar-refractivity contribution in [1.29, 1.82) is 5.26 Å². The van der Waals surface area contributed by atoms with Crippen molar-refractivity contribution < 1.29 is 0 Å². The molecule has 1 aliphatic heterocycles. The molecular weight excluding hydrogens is 226 g/mol. The van der Waals surface area contributed by atoms with E-state index in [9.17, 15) is 5.26 Å². The summed E-state index contributed by atoms with van der Waals surface area (Å²) in [5, 5.41) is 17.1. The van der Waals surface area contributed by atoms with Gasteiger partial charge in [0.15, 0.2) is 0 Å². The average molecular weight is 247 g/mol. The number of nitrogens with zero attached hydrogens (tertiary/aromatic N) is 4. The molecule has 1 aromatic heterocycles. The van der Waals surface area contributed by atoms with Crippen LogP contribution in [0.1, 0.15) is 30.5 Å². The van der Waals surface area contributed by atoms with Gasteiger partial charge in [0.05, 0.1) is 5.69 Å². The van der Waals surface area contributed by atoms with Crippen LogP contribution in [0.5, 0.6) is 0 Å². The lowest BCUT2D eigenvalue weighted by molar-refractivity contribution is 0.402. The highest BCUT2D eigenvalue weighted by molar-refractivity contribution is 5.56. The molecule has 18 heavy (non-hydrogen) atoms. The third kappa shape index (κ3) is 2.49. The number of piperidine rings is 1. The predicted octanol–water partition coefficient (Wildman–Crippen LogP) is 1.18. The van der Waals surface area contributed by atoms with E-state index in [-0.39, 0.29) is 0 Å². The molecule has 2 rings (SSSR count). The first-order chi connectivity index (χ1) is 8.63. The topological polar surface area (TPSA) is 56.9 Å². The Morgan fingerprint density at radius 2 is 2.33 bits per heavy atom. The molecule has 2 heterocycles. The van der Waals surface area contributed by atoms with E-state index in [2.05, 4.69) is 21.4 Å². The number of likely N-dealkylation sites (N-methyl/N-ethyl adjacent to an activating group) is 1. The molecule has 5 heteroatoms. The maximum atomic E-state index is 9.22. The molecule has 1 saturated heterocycles. The molecule has 1 N–H and O–H groups in total. The van der Waals surface area contributed by atoms with E-state index in [0.717, 1.165) is 24.6 Å². The van der Waals surface area contributed by atoms with E-state index in [1.807, 2.05) is 21.0 Å². The van der Waals surface area contributed by atoms with Crippen molar-refractivity contribution in [1.82, 2.24) is 15.1 Å². The zero-order chi connectivity index (χ0) is 13.1. The third-order valence-corrected chi connectivity index (χ3v) is 3.57. The van der Waals surface area contributed by atoms with Crippen LogP contribution in [0.15, 0.2) is 0 Å². The first kappa shape index (κ1) is 12.9. The molecule has 1 fully saturated rings. The minimum Gasteiger partial charge on any atom is -0.357 e. The highest BCUT2D eigenvalue weighted by Crippen LogP contribution is 2.22. The Labute approximate surface area is 108 Å². The lowest BCUT2D eigenvalue weighted by Crippen LogP contribution is -2.43. The number of hydrogen-bond acceptors (Lipinski definition) is 4. The zero-order valence-corrected chi connectivity index (χ0v) is 11.4. The summed E-state index contributed by atoms with van der Waals surface area (Å²) in [4.78, 5) is 2.14. The minimum atomic E-state index is 0.519. The van der Waals surface area contributed by atoms with E-state index in [4.69, 9.17) is 0 Å². The van der Waals surface area contributed by atoms with Crippen molar-refractivity contribution in [3.8, 4) is 6.07 Å². The van der Waals surface area contributed by atoms with Gasteiger partial charge in [0.1, 0.15) is 17.5 Å². The van der Waals surface area contributed by atoms with Crippen LogP contribution in [-0.2, 0) is 7.05 Å². The first-order valence-electron chi connectivity index (χ1n) is 6.51. The van der Waals surface area contributed by atoms with E-state index in [0.29, 0.717) is 11.6 Å². The number of rotatable bonds is 3. The lowest BCUT2D eigenvalue weighted by atomic mass is 10.0. The van der Waals surface area contributed by atoms with Crippen molar-refractivity contribution in [3.05, 3.63) is 11.3 Å². The summed E-state index contributed by atoms with van der Waals surface area (Å²) in [5.74, 6) is 0.919. The molecule has 0 radical (unpaired) electrons. The second-order valence-corrected chi connectivity index (χ2v) is 5.05. The number of nitrogens with one attached hydrogen (secondary N) is 1. The number of aryl methyl sites for hydroxylation is 2. The molecule has 1 aliphatic rings. The van der Waals surface area contributed by atoms with Gasteiger partial charge in [-0.1, -0.05) is 6.42 Å². The fraction of sp³-hybridized carbons (Fsp3) is 0.692. The van der Waals surface area contributed by atoms with Crippen molar-refractivity contribution in [2.24, 2.45) is 7.05 Å². The van der Waals surface area contributed by atoms with Crippen LogP contribution in [0.2, 0.25) is 0 Å². The van der Waals surface area contributed by atoms with Crippen molar-refractivity contribution in [2.45, 2.75) is 32.2 Å². The Balaban J connectivity index is 2.13. The Bertz CT molecular complexity index is 451. The summed E-state index contributed by atoms with van der Waals surface area (Å²) < 4.78 is 1.80. The maximum Gasteiger partial charge on any atom is 0.144 e.